The third kappa shape index (κ3) is 3.28. The third-order valence-electron chi connectivity index (χ3n) is 2.52. The molecule has 0 aliphatic carbocycles. The van der Waals surface area contributed by atoms with Crippen molar-refractivity contribution in [2.24, 2.45) is 5.41 Å². The van der Waals surface area contributed by atoms with Gasteiger partial charge in [0.1, 0.15) is 0 Å². The highest BCUT2D eigenvalue weighted by molar-refractivity contribution is 5.50. The number of alkyl halides is 2. The lowest BCUT2D eigenvalue weighted by Crippen LogP contribution is -2.25. The van der Waals surface area contributed by atoms with Gasteiger partial charge in [-0.25, -0.2) is 0 Å². The molecule has 0 unspecified atom stereocenters. The molecule has 0 atom stereocenters. The SMILES string of the molecule is CC(C)(C)Cn1ccc(-c2nnc(C(F)F)o2)cc1=O. The molecule has 20 heavy (non-hydrogen) atoms. The van der Waals surface area contributed by atoms with Gasteiger partial charge < -0.3 is 8.98 Å². The molecule has 0 saturated heterocycles. The molecule has 0 aliphatic heterocycles. The highest BCUT2D eigenvalue weighted by Crippen LogP contribution is 2.22. The fourth-order valence-corrected chi connectivity index (χ4v) is 1.72. The Balaban J connectivity index is 2.31. The molecule has 2 heterocycles. The summed E-state index contributed by atoms with van der Waals surface area (Å²) >= 11 is 0. The van der Waals surface area contributed by atoms with Crippen LogP contribution in [-0.2, 0) is 6.54 Å². The molecule has 0 N–H and O–H groups in total. The van der Waals surface area contributed by atoms with E-state index in [1.54, 1.807) is 16.8 Å². The molecule has 2 rings (SSSR count). The van der Waals surface area contributed by atoms with Crippen molar-refractivity contribution in [1.29, 1.82) is 0 Å². The maximum atomic E-state index is 12.4. The molecule has 0 amide bonds. The Kier molecular flexibility index (Phi) is 3.69. The first-order chi connectivity index (χ1) is 9.26. The molecular weight excluding hydrogens is 268 g/mol. The lowest BCUT2D eigenvalue weighted by Gasteiger charge is -2.19. The van der Waals surface area contributed by atoms with Gasteiger partial charge in [-0.15, -0.1) is 10.2 Å². The Labute approximate surface area is 114 Å². The molecule has 0 saturated carbocycles. The minimum Gasteiger partial charge on any atom is -0.415 e. The smallest absolute Gasteiger partial charge is 0.314 e. The molecule has 0 aliphatic rings. The maximum absolute atomic E-state index is 12.4. The van der Waals surface area contributed by atoms with E-state index in [1.165, 1.54) is 6.07 Å². The van der Waals surface area contributed by atoms with Crippen LogP contribution in [0.15, 0.2) is 27.5 Å². The molecular formula is C13H15F2N3O2. The number of hydrogen-bond donors (Lipinski definition) is 0. The average Bonchev–Trinajstić information content (AvgIpc) is 2.79. The van der Waals surface area contributed by atoms with Crippen LogP contribution < -0.4 is 5.56 Å². The Bertz CT molecular complexity index is 656. The van der Waals surface area contributed by atoms with Crippen LogP contribution in [0.4, 0.5) is 8.78 Å². The predicted octanol–water partition coefficient (Wildman–Crippen LogP) is 2.88. The summed E-state index contributed by atoms with van der Waals surface area (Å²) < 4.78 is 31.1. The molecule has 0 spiro atoms. The molecule has 0 fully saturated rings. The standard InChI is InChI=1S/C13H15F2N3O2/c1-13(2,3)7-18-5-4-8(6-9(18)19)11-16-17-12(20-11)10(14)15/h4-6,10H,7H2,1-3H3. The number of aromatic nitrogens is 3. The number of rotatable bonds is 3. The Morgan fingerprint density at radius 2 is 2.05 bits per heavy atom. The third-order valence-corrected chi connectivity index (χ3v) is 2.52. The summed E-state index contributed by atoms with van der Waals surface area (Å²) in [6.07, 6.45) is -1.23. The van der Waals surface area contributed by atoms with Crippen molar-refractivity contribution in [2.45, 2.75) is 33.7 Å². The second kappa shape index (κ2) is 5.15. The first-order valence-corrected chi connectivity index (χ1v) is 6.09. The van der Waals surface area contributed by atoms with Gasteiger partial charge in [0.05, 0.1) is 0 Å². The minimum absolute atomic E-state index is 0.0430. The topological polar surface area (TPSA) is 60.9 Å². The summed E-state index contributed by atoms with van der Waals surface area (Å²) in [6.45, 7) is 6.60. The lowest BCUT2D eigenvalue weighted by atomic mass is 9.97. The quantitative estimate of drug-likeness (QED) is 0.869. The number of halogens is 2. The summed E-state index contributed by atoms with van der Waals surface area (Å²) in [5.41, 5.74) is 0.0485. The van der Waals surface area contributed by atoms with Crippen molar-refractivity contribution in [2.75, 3.05) is 0 Å². The molecule has 2 aromatic rings. The number of pyridine rings is 1. The van der Waals surface area contributed by atoms with Crippen LogP contribution in [0, 0.1) is 5.41 Å². The fraction of sp³-hybridized carbons (Fsp3) is 0.462. The predicted molar refractivity (Wildman–Crippen MR) is 68.4 cm³/mol. The number of hydrogen-bond acceptors (Lipinski definition) is 4. The molecule has 2 aromatic heterocycles. The van der Waals surface area contributed by atoms with Crippen molar-refractivity contribution < 1.29 is 13.2 Å². The van der Waals surface area contributed by atoms with E-state index in [9.17, 15) is 13.6 Å². The van der Waals surface area contributed by atoms with Crippen LogP contribution >= 0.6 is 0 Å². The lowest BCUT2D eigenvalue weighted by molar-refractivity contribution is 0.116. The molecule has 7 heteroatoms. The van der Waals surface area contributed by atoms with Crippen LogP contribution in [0.1, 0.15) is 33.1 Å². The molecule has 0 aromatic carbocycles. The fourth-order valence-electron chi connectivity index (χ4n) is 1.72. The highest BCUT2D eigenvalue weighted by atomic mass is 19.3. The van der Waals surface area contributed by atoms with Gasteiger partial charge in [0, 0.05) is 24.4 Å². The normalized spacial score (nSPS) is 12.1. The highest BCUT2D eigenvalue weighted by Gasteiger charge is 2.18. The van der Waals surface area contributed by atoms with Gasteiger partial charge in [0.25, 0.3) is 11.4 Å². The van der Waals surface area contributed by atoms with Gasteiger partial charge in [-0.1, -0.05) is 20.8 Å². The van der Waals surface area contributed by atoms with E-state index in [0.717, 1.165) is 0 Å². The summed E-state index contributed by atoms with van der Waals surface area (Å²) in [6, 6.07) is 2.89. The van der Waals surface area contributed by atoms with E-state index in [1.807, 2.05) is 20.8 Å². The van der Waals surface area contributed by atoms with Crippen LogP contribution in [0.5, 0.6) is 0 Å². The van der Waals surface area contributed by atoms with Gasteiger partial charge >= 0.3 is 6.43 Å². The Hall–Kier alpha value is -2.05. The van der Waals surface area contributed by atoms with Crippen LogP contribution in [0.2, 0.25) is 0 Å². The van der Waals surface area contributed by atoms with Gasteiger partial charge in [-0.2, -0.15) is 8.78 Å². The van der Waals surface area contributed by atoms with E-state index < -0.39 is 12.3 Å². The second-order valence-electron chi connectivity index (χ2n) is 5.69. The molecule has 108 valence electrons. The minimum atomic E-state index is -2.82. The average molecular weight is 283 g/mol. The van der Waals surface area contributed by atoms with Crippen LogP contribution in [0.25, 0.3) is 11.5 Å². The van der Waals surface area contributed by atoms with E-state index >= 15 is 0 Å². The van der Waals surface area contributed by atoms with E-state index in [2.05, 4.69) is 10.2 Å². The zero-order valence-corrected chi connectivity index (χ0v) is 11.4. The van der Waals surface area contributed by atoms with Crippen molar-refractivity contribution in [3.8, 4) is 11.5 Å². The van der Waals surface area contributed by atoms with Crippen molar-refractivity contribution in [3.63, 3.8) is 0 Å². The van der Waals surface area contributed by atoms with Crippen LogP contribution in [0.3, 0.4) is 0 Å². The van der Waals surface area contributed by atoms with Gasteiger partial charge in [0.15, 0.2) is 0 Å². The Morgan fingerprint density at radius 1 is 1.35 bits per heavy atom. The maximum Gasteiger partial charge on any atom is 0.314 e. The van der Waals surface area contributed by atoms with Gasteiger partial charge in [-0.3, -0.25) is 4.79 Å². The molecule has 5 nitrogen and oxygen atoms in total. The summed E-state index contributed by atoms with van der Waals surface area (Å²) in [5.74, 6) is -0.834. The first-order valence-electron chi connectivity index (χ1n) is 6.09. The Morgan fingerprint density at radius 3 is 2.55 bits per heavy atom. The van der Waals surface area contributed by atoms with Crippen molar-refractivity contribution >= 4 is 0 Å². The van der Waals surface area contributed by atoms with E-state index in [4.69, 9.17) is 4.42 Å². The zero-order chi connectivity index (χ0) is 14.9. The number of nitrogens with zero attached hydrogens (tertiary/aromatic N) is 3. The van der Waals surface area contributed by atoms with E-state index in [-0.39, 0.29) is 16.9 Å². The van der Waals surface area contributed by atoms with Crippen LogP contribution in [-0.4, -0.2) is 14.8 Å². The largest absolute Gasteiger partial charge is 0.415 e. The monoisotopic (exact) mass is 283 g/mol. The first kappa shape index (κ1) is 14.4. The van der Waals surface area contributed by atoms with E-state index in [0.29, 0.717) is 12.1 Å². The summed E-state index contributed by atoms with van der Waals surface area (Å²) in [4.78, 5) is 12.0. The van der Waals surface area contributed by atoms with Crippen molar-refractivity contribution in [1.82, 2.24) is 14.8 Å². The van der Waals surface area contributed by atoms with Gasteiger partial charge in [-0.05, 0) is 11.5 Å². The zero-order valence-electron chi connectivity index (χ0n) is 11.4. The van der Waals surface area contributed by atoms with Gasteiger partial charge in [0.2, 0.25) is 5.89 Å². The van der Waals surface area contributed by atoms with Crippen molar-refractivity contribution in [3.05, 3.63) is 34.6 Å². The molecule has 0 radical (unpaired) electrons. The second-order valence-corrected chi connectivity index (χ2v) is 5.69. The molecule has 0 bridgehead atoms. The summed E-state index contributed by atoms with van der Waals surface area (Å²) in [7, 11) is 0. The summed E-state index contributed by atoms with van der Waals surface area (Å²) in [5, 5.41) is 6.74.